The molecule has 1 aliphatic heterocycles. The van der Waals surface area contributed by atoms with Gasteiger partial charge in [-0.1, -0.05) is 24.3 Å². The van der Waals surface area contributed by atoms with Gasteiger partial charge in [-0.15, -0.1) is 0 Å². The van der Waals surface area contributed by atoms with E-state index in [1.54, 1.807) is 18.3 Å². The Morgan fingerprint density at radius 3 is 2.74 bits per heavy atom. The monoisotopic (exact) mass is 364 g/mol. The maximum atomic E-state index is 13.0. The third-order valence-electron chi connectivity index (χ3n) is 4.93. The van der Waals surface area contributed by atoms with Gasteiger partial charge in [0.05, 0.1) is 23.1 Å². The van der Waals surface area contributed by atoms with Crippen molar-refractivity contribution in [2.45, 2.75) is 19.4 Å². The first kappa shape index (κ1) is 17.4. The van der Waals surface area contributed by atoms with Crippen LogP contribution >= 0.6 is 0 Å². The zero-order chi connectivity index (χ0) is 18.6. The van der Waals surface area contributed by atoms with Crippen LogP contribution in [0.25, 0.3) is 11.0 Å². The van der Waals surface area contributed by atoms with E-state index < -0.39 is 0 Å². The molecule has 138 valence electrons. The second kappa shape index (κ2) is 7.70. The highest BCUT2D eigenvalue weighted by atomic mass is 19.1. The average molecular weight is 364 g/mol. The molecule has 1 unspecified atom stereocenters. The molecule has 1 amide bonds. The first-order valence-corrected chi connectivity index (χ1v) is 9.18. The highest BCUT2D eigenvalue weighted by Crippen LogP contribution is 2.23. The number of rotatable bonds is 4. The molecule has 0 spiro atoms. The fourth-order valence-corrected chi connectivity index (χ4v) is 3.43. The maximum absolute atomic E-state index is 13.0. The molecule has 1 aromatic heterocycles. The van der Waals surface area contributed by atoms with Crippen molar-refractivity contribution < 1.29 is 9.18 Å². The smallest absolute Gasteiger partial charge is 0.225 e. The molecule has 0 radical (unpaired) electrons. The van der Waals surface area contributed by atoms with Crippen LogP contribution in [0.5, 0.6) is 0 Å². The molecule has 4 rings (SSSR count). The number of para-hydroxylation sites is 2. The Labute approximate surface area is 157 Å². The van der Waals surface area contributed by atoms with Crippen molar-refractivity contribution >= 4 is 22.8 Å². The predicted octanol–water partition coefficient (Wildman–Crippen LogP) is 3.30. The molecule has 1 atom stereocenters. The van der Waals surface area contributed by atoms with Crippen molar-refractivity contribution in [2.75, 3.05) is 18.0 Å². The summed E-state index contributed by atoms with van der Waals surface area (Å²) in [6, 6.07) is 14.0. The van der Waals surface area contributed by atoms with E-state index in [9.17, 15) is 9.18 Å². The number of piperidine rings is 1. The van der Waals surface area contributed by atoms with Crippen molar-refractivity contribution in [3.8, 4) is 0 Å². The lowest BCUT2D eigenvalue weighted by Crippen LogP contribution is -2.43. The minimum Gasteiger partial charge on any atom is -0.355 e. The van der Waals surface area contributed by atoms with Crippen molar-refractivity contribution in [3.63, 3.8) is 0 Å². The minimum absolute atomic E-state index is 0.0257. The van der Waals surface area contributed by atoms with Gasteiger partial charge in [-0.05, 0) is 42.7 Å². The van der Waals surface area contributed by atoms with Crippen LogP contribution < -0.4 is 10.2 Å². The topological polar surface area (TPSA) is 58.1 Å². The van der Waals surface area contributed by atoms with Crippen LogP contribution in [0, 0.1) is 11.7 Å². The molecule has 2 heterocycles. The summed E-state index contributed by atoms with van der Waals surface area (Å²) in [5.41, 5.74) is 2.61. The fraction of sp³-hybridized carbons (Fsp3) is 0.286. The Bertz CT molecular complexity index is 944. The van der Waals surface area contributed by atoms with Crippen LogP contribution in [0.4, 0.5) is 10.2 Å². The van der Waals surface area contributed by atoms with Gasteiger partial charge in [0.1, 0.15) is 11.6 Å². The Morgan fingerprint density at radius 1 is 1.15 bits per heavy atom. The van der Waals surface area contributed by atoms with Crippen molar-refractivity contribution in [2.24, 2.45) is 5.92 Å². The molecule has 6 heteroatoms. The number of halogens is 1. The number of hydrogen-bond donors (Lipinski definition) is 1. The van der Waals surface area contributed by atoms with E-state index in [4.69, 9.17) is 4.98 Å². The van der Waals surface area contributed by atoms with E-state index in [0.717, 1.165) is 41.8 Å². The maximum Gasteiger partial charge on any atom is 0.225 e. The van der Waals surface area contributed by atoms with Crippen LogP contribution in [0.1, 0.15) is 18.4 Å². The van der Waals surface area contributed by atoms with Gasteiger partial charge in [-0.2, -0.15) is 0 Å². The van der Waals surface area contributed by atoms with Crippen LogP contribution in [-0.4, -0.2) is 29.0 Å². The average Bonchev–Trinajstić information content (AvgIpc) is 2.73. The Hall–Kier alpha value is -3.02. The van der Waals surface area contributed by atoms with Crippen LogP contribution in [0.3, 0.4) is 0 Å². The quantitative estimate of drug-likeness (QED) is 0.772. The van der Waals surface area contributed by atoms with Crippen molar-refractivity contribution in [1.82, 2.24) is 15.3 Å². The molecule has 1 aliphatic rings. The SMILES string of the molecule is O=C(NCc1ccc(F)cc1)C1CCCN(c2cnc3ccccc3n2)C1. The summed E-state index contributed by atoms with van der Waals surface area (Å²) in [6.45, 7) is 1.91. The predicted molar refractivity (Wildman–Crippen MR) is 103 cm³/mol. The lowest BCUT2D eigenvalue weighted by atomic mass is 9.97. The summed E-state index contributed by atoms with van der Waals surface area (Å²) in [6.07, 6.45) is 3.57. The fourth-order valence-electron chi connectivity index (χ4n) is 3.43. The summed E-state index contributed by atoms with van der Waals surface area (Å²) in [5, 5.41) is 2.97. The zero-order valence-electron chi connectivity index (χ0n) is 14.9. The third kappa shape index (κ3) is 4.05. The Balaban J connectivity index is 1.40. The summed E-state index contributed by atoms with van der Waals surface area (Å²) in [4.78, 5) is 23.9. The van der Waals surface area contributed by atoms with Crippen LogP contribution in [0.2, 0.25) is 0 Å². The summed E-state index contributed by atoms with van der Waals surface area (Å²) < 4.78 is 13.0. The molecule has 2 aromatic carbocycles. The third-order valence-corrected chi connectivity index (χ3v) is 4.93. The van der Waals surface area contributed by atoms with E-state index in [0.29, 0.717) is 13.1 Å². The van der Waals surface area contributed by atoms with Gasteiger partial charge >= 0.3 is 0 Å². The van der Waals surface area contributed by atoms with Crippen LogP contribution in [0.15, 0.2) is 54.7 Å². The number of anilines is 1. The first-order valence-electron chi connectivity index (χ1n) is 9.18. The number of carbonyl (C=O) groups is 1. The zero-order valence-corrected chi connectivity index (χ0v) is 14.9. The van der Waals surface area contributed by atoms with E-state index in [1.807, 2.05) is 24.3 Å². The Kier molecular flexibility index (Phi) is 4.96. The molecule has 0 aliphatic carbocycles. The van der Waals surface area contributed by atoms with E-state index in [1.165, 1.54) is 12.1 Å². The van der Waals surface area contributed by atoms with Crippen molar-refractivity contribution in [1.29, 1.82) is 0 Å². The van der Waals surface area contributed by atoms with Gasteiger partial charge in [0, 0.05) is 19.6 Å². The van der Waals surface area contributed by atoms with Gasteiger partial charge in [0.25, 0.3) is 0 Å². The number of fused-ring (bicyclic) bond motifs is 1. The van der Waals surface area contributed by atoms with Gasteiger partial charge in [-0.25, -0.2) is 9.37 Å². The second-order valence-corrected chi connectivity index (χ2v) is 6.85. The molecule has 3 aromatic rings. The van der Waals surface area contributed by atoms with Gasteiger partial charge in [-0.3, -0.25) is 9.78 Å². The number of aromatic nitrogens is 2. The summed E-state index contributed by atoms with van der Waals surface area (Å²) in [7, 11) is 0. The van der Waals surface area contributed by atoms with Gasteiger partial charge in [0.2, 0.25) is 5.91 Å². The highest BCUT2D eigenvalue weighted by Gasteiger charge is 2.26. The number of carbonyl (C=O) groups excluding carboxylic acids is 1. The van der Waals surface area contributed by atoms with Gasteiger partial charge in [0.15, 0.2) is 0 Å². The lowest BCUT2D eigenvalue weighted by Gasteiger charge is -2.32. The number of nitrogens with zero attached hydrogens (tertiary/aromatic N) is 3. The molecule has 5 nitrogen and oxygen atoms in total. The minimum atomic E-state index is -0.274. The standard InChI is InChI=1S/C21H21FN4O/c22-17-9-7-15(8-10-17)12-24-21(27)16-4-3-11-26(14-16)20-13-23-18-5-1-2-6-19(18)25-20/h1-2,5-10,13,16H,3-4,11-12,14H2,(H,24,27). The molecular weight excluding hydrogens is 343 g/mol. The molecule has 1 saturated heterocycles. The van der Waals surface area contributed by atoms with Gasteiger partial charge < -0.3 is 10.2 Å². The second-order valence-electron chi connectivity index (χ2n) is 6.85. The number of nitrogens with one attached hydrogen (secondary N) is 1. The van der Waals surface area contributed by atoms with E-state index in [-0.39, 0.29) is 17.6 Å². The van der Waals surface area contributed by atoms with Crippen LogP contribution in [-0.2, 0) is 11.3 Å². The largest absolute Gasteiger partial charge is 0.355 e. The van der Waals surface area contributed by atoms with Crippen molar-refractivity contribution in [3.05, 3.63) is 66.1 Å². The number of amides is 1. The molecule has 0 saturated carbocycles. The first-order chi connectivity index (χ1) is 13.2. The molecule has 0 bridgehead atoms. The van der Waals surface area contributed by atoms with E-state index in [2.05, 4.69) is 15.2 Å². The normalized spacial score (nSPS) is 17.1. The Morgan fingerprint density at radius 2 is 1.93 bits per heavy atom. The highest BCUT2D eigenvalue weighted by molar-refractivity contribution is 5.80. The summed E-state index contributed by atoms with van der Waals surface area (Å²) in [5.74, 6) is 0.472. The molecule has 1 N–H and O–H groups in total. The molecule has 1 fully saturated rings. The number of benzene rings is 2. The number of hydrogen-bond acceptors (Lipinski definition) is 4. The van der Waals surface area contributed by atoms with E-state index >= 15 is 0 Å². The molecular formula is C21H21FN4O. The molecule has 27 heavy (non-hydrogen) atoms. The summed E-state index contributed by atoms with van der Waals surface area (Å²) >= 11 is 0. The lowest BCUT2D eigenvalue weighted by molar-refractivity contribution is -0.125.